The van der Waals surface area contributed by atoms with Gasteiger partial charge >= 0.3 is 0 Å². The predicted octanol–water partition coefficient (Wildman–Crippen LogP) is 3.55. The molecule has 6 heteroatoms. The molecule has 1 saturated heterocycles. The van der Waals surface area contributed by atoms with Crippen LogP contribution in [0.3, 0.4) is 0 Å². The lowest BCUT2D eigenvalue weighted by Gasteiger charge is -2.33. The Morgan fingerprint density at radius 3 is 2.96 bits per heavy atom. The standard InChI is InChI=1S/C18H24N4OS/c1-3-19-17-14-9-4-5-10-15(14)20-18(21-17)24-12-16(23)22-11-7-6-8-13(22)2/h4-5,9-10,13H,3,6-8,11-12H2,1-2H3,(H,19,20,21). The highest BCUT2D eigenvalue weighted by Crippen LogP contribution is 2.25. The molecule has 1 aliphatic heterocycles. The second kappa shape index (κ2) is 7.83. The zero-order chi connectivity index (χ0) is 16.9. The molecule has 1 fully saturated rings. The summed E-state index contributed by atoms with van der Waals surface area (Å²) in [6.45, 7) is 5.86. The van der Waals surface area contributed by atoms with Crippen LogP contribution in [0.5, 0.6) is 0 Å². The van der Waals surface area contributed by atoms with Gasteiger partial charge in [-0.3, -0.25) is 4.79 Å². The molecule has 3 rings (SSSR count). The number of hydrogen-bond acceptors (Lipinski definition) is 5. The van der Waals surface area contributed by atoms with E-state index in [0.717, 1.165) is 42.7 Å². The van der Waals surface area contributed by atoms with Gasteiger partial charge in [0.15, 0.2) is 5.16 Å². The van der Waals surface area contributed by atoms with Gasteiger partial charge in [0, 0.05) is 24.5 Å². The Labute approximate surface area is 147 Å². The Morgan fingerprint density at radius 2 is 2.17 bits per heavy atom. The number of benzene rings is 1. The fourth-order valence-electron chi connectivity index (χ4n) is 3.10. The lowest BCUT2D eigenvalue weighted by atomic mass is 10.0. The summed E-state index contributed by atoms with van der Waals surface area (Å²) in [4.78, 5) is 23.7. The zero-order valence-corrected chi connectivity index (χ0v) is 15.1. The molecule has 1 aromatic heterocycles. The van der Waals surface area contributed by atoms with Crippen molar-refractivity contribution in [2.75, 3.05) is 24.2 Å². The summed E-state index contributed by atoms with van der Waals surface area (Å²) in [5.41, 5.74) is 0.907. The number of hydrogen-bond donors (Lipinski definition) is 1. The van der Waals surface area contributed by atoms with Crippen LogP contribution >= 0.6 is 11.8 Å². The van der Waals surface area contributed by atoms with Gasteiger partial charge in [-0.25, -0.2) is 9.97 Å². The third-order valence-electron chi connectivity index (χ3n) is 4.37. The van der Waals surface area contributed by atoms with Gasteiger partial charge in [-0.05, 0) is 45.2 Å². The van der Waals surface area contributed by atoms with E-state index < -0.39 is 0 Å². The highest BCUT2D eigenvalue weighted by atomic mass is 32.2. The lowest BCUT2D eigenvalue weighted by Crippen LogP contribution is -2.42. The van der Waals surface area contributed by atoms with Crippen LogP contribution in [0, 0.1) is 0 Å². The minimum Gasteiger partial charge on any atom is -0.370 e. The molecule has 5 nitrogen and oxygen atoms in total. The highest BCUT2D eigenvalue weighted by molar-refractivity contribution is 7.99. The van der Waals surface area contributed by atoms with Crippen molar-refractivity contribution in [3.8, 4) is 0 Å². The summed E-state index contributed by atoms with van der Waals surface area (Å²) in [5.74, 6) is 1.42. The quantitative estimate of drug-likeness (QED) is 0.664. The summed E-state index contributed by atoms with van der Waals surface area (Å²) < 4.78 is 0. The normalized spacial score (nSPS) is 17.9. The van der Waals surface area contributed by atoms with Crippen LogP contribution in [0.2, 0.25) is 0 Å². The third-order valence-corrected chi connectivity index (χ3v) is 5.21. The smallest absolute Gasteiger partial charge is 0.233 e. The first-order valence-electron chi connectivity index (χ1n) is 8.62. The largest absolute Gasteiger partial charge is 0.370 e. The topological polar surface area (TPSA) is 58.1 Å². The number of anilines is 1. The molecule has 1 aromatic carbocycles. The van der Waals surface area contributed by atoms with E-state index in [1.54, 1.807) is 0 Å². The number of nitrogens with one attached hydrogen (secondary N) is 1. The first-order valence-corrected chi connectivity index (χ1v) is 9.60. The van der Waals surface area contributed by atoms with E-state index in [9.17, 15) is 4.79 Å². The molecule has 1 atom stereocenters. The number of carbonyl (C=O) groups excluding carboxylic acids is 1. The summed E-state index contributed by atoms with van der Waals surface area (Å²) >= 11 is 1.43. The summed E-state index contributed by atoms with van der Waals surface area (Å²) in [6.07, 6.45) is 3.43. The van der Waals surface area contributed by atoms with Crippen LogP contribution in [0.15, 0.2) is 29.4 Å². The minimum absolute atomic E-state index is 0.189. The average molecular weight is 344 g/mol. The van der Waals surface area contributed by atoms with Gasteiger partial charge in [0.25, 0.3) is 0 Å². The van der Waals surface area contributed by atoms with Gasteiger partial charge < -0.3 is 10.2 Å². The van der Waals surface area contributed by atoms with Gasteiger partial charge in [0.05, 0.1) is 11.3 Å². The average Bonchev–Trinajstić information content (AvgIpc) is 2.60. The second-order valence-electron chi connectivity index (χ2n) is 6.12. The summed E-state index contributed by atoms with van der Waals surface area (Å²) in [7, 11) is 0. The molecule has 1 aliphatic rings. The molecule has 0 radical (unpaired) electrons. The number of thioether (sulfide) groups is 1. The van der Waals surface area contributed by atoms with Crippen molar-refractivity contribution < 1.29 is 4.79 Å². The van der Waals surface area contributed by atoms with Crippen LogP contribution in [0.25, 0.3) is 10.9 Å². The van der Waals surface area contributed by atoms with E-state index in [0.29, 0.717) is 17.0 Å². The second-order valence-corrected chi connectivity index (χ2v) is 7.07. The van der Waals surface area contributed by atoms with E-state index in [1.165, 1.54) is 18.2 Å². The van der Waals surface area contributed by atoms with Crippen molar-refractivity contribution in [2.45, 2.75) is 44.3 Å². The molecule has 0 spiro atoms. The number of para-hydroxylation sites is 1. The number of amides is 1. The molecular weight excluding hydrogens is 320 g/mol. The molecular formula is C18H24N4OS. The summed E-state index contributed by atoms with van der Waals surface area (Å²) in [6, 6.07) is 8.31. The maximum Gasteiger partial charge on any atom is 0.233 e. The number of fused-ring (bicyclic) bond motifs is 1. The van der Waals surface area contributed by atoms with E-state index >= 15 is 0 Å². The molecule has 1 N–H and O–H groups in total. The number of likely N-dealkylation sites (tertiary alicyclic amines) is 1. The molecule has 0 bridgehead atoms. The molecule has 1 unspecified atom stereocenters. The van der Waals surface area contributed by atoms with Crippen molar-refractivity contribution in [3.05, 3.63) is 24.3 Å². The van der Waals surface area contributed by atoms with Crippen LogP contribution in [-0.4, -0.2) is 45.7 Å². The van der Waals surface area contributed by atoms with Crippen LogP contribution in [0.4, 0.5) is 5.82 Å². The van der Waals surface area contributed by atoms with E-state index in [-0.39, 0.29) is 5.91 Å². The number of aromatic nitrogens is 2. The molecule has 128 valence electrons. The number of carbonyl (C=O) groups is 1. The number of nitrogens with zero attached hydrogens (tertiary/aromatic N) is 3. The van der Waals surface area contributed by atoms with Gasteiger partial charge in [-0.1, -0.05) is 23.9 Å². The first kappa shape index (κ1) is 17.0. The zero-order valence-electron chi connectivity index (χ0n) is 14.3. The SMILES string of the molecule is CCNc1nc(SCC(=O)N2CCCCC2C)nc2ccccc12. The van der Waals surface area contributed by atoms with Crippen molar-refractivity contribution in [2.24, 2.45) is 0 Å². The summed E-state index contributed by atoms with van der Waals surface area (Å²) in [5, 5.41) is 4.96. The number of piperidine rings is 1. The molecule has 2 heterocycles. The monoisotopic (exact) mass is 344 g/mol. The van der Waals surface area contributed by atoms with Crippen molar-refractivity contribution >= 4 is 34.4 Å². The van der Waals surface area contributed by atoms with Gasteiger partial charge in [-0.2, -0.15) is 0 Å². The maximum atomic E-state index is 12.5. The molecule has 0 aliphatic carbocycles. The minimum atomic E-state index is 0.189. The van der Waals surface area contributed by atoms with E-state index in [1.807, 2.05) is 36.1 Å². The van der Waals surface area contributed by atoms with Gasteiger partial charge in [-0.15, -0.1) is 0 Å². The van der Waals surface area contributed by atoms with Gasteiger partial charge in [0.2, 0.25) is 5.91 Å². The van der Waals surface area contributed by atoms with Crippen molar-refractivity contribution in [1.29, 1.82) is 0 Å². The molecule has 24 heavy (non-hydrogen) atoms. The first-order chi connectivity index (χ1) is 11.7. The highest BCUT2D eigenvalue weighted by Gasteiger charge is 2.23. The fourth-order valence-corrected chi connectivity index (χ4v) is 3.84. The van der Waals surface area contributed by atoms with Crippen LogP contribution in [0.1, 0.15) is 33.1 Å². The lowest BCUT2D eigenvalue weighted by molar-refractivity contribution is -0.131. The van der Waals surface area contributed by atoms with Gasteiger partial charge in [0.1, 0.15) is 5.82 Å². The van der Waals surface area contributed by atoms with Crippen molar-refractivity contribution in [1.82, 2.24) is 14.9 Å². The fraction of sp³-hybridized carbons (Fsp3) is 0.500. The Kier molecular flexibility index (Phi) is 5.56. The molecule has 0 saturated carbocycles. The Morgan fingerprint density at radius 1 is 1.33 bits per heavy atom. The van der Waals surface area contributed by atoms with E-state index in [4.69, 9.17) is 0 Å². The van der Waals surface area contributed by atoms with E-state index in [2.05, 4.69) is 22.2 Å². The van der Waals surface area contributed by atoms with Crippen LogP contribution in [-0.2, 0) is 4.79 Å². The Balaban J connectivity index is 1.74. The van der Waals surface area contributed by atoms with Crippen molar-refractivity contribution in [3.63, 3.8) is 0 Å². The number of rotatable bonds is 5. The van der Waals surface area contributed by atoms with Crippen LogP contribution < -0.4 is 5.32 Å². The Hall–Kier alpha value is -1.82. The molecule has 2 aromatic rings. The molecule has 1 amide bonds. The third kappa shape index (κ3) is 3.80. The predicted molar refractivity (Wildman–Crippen MR) is 99.5 cm³/mol. The maximum absolute atomic E-state index is 12.5. The Bertz CT molecular complexity index is 721.